The second-order valence-corrected chi connectivity index (χ2v) is 3.19. The molecule has 2 nitrogen and oxygen atoms in total. The van der Waals surface area contributed by atoms with Gasteiger partial charge >= 0.3 is 0 Å². The van der Waals surface area contributed by atoms with E-state index in [2.05, 4.69) is 31.8 Å². The maximum atomic E-state index is 5.83. The van der Waals surface area contributed by atoms with E-state index < -0.39 is 0 Å². The predicted molar refractivity (Wildman–Crippen MR) is 59.0 cm³/mol. The van der Waals surface area contributed by atoms with Gasteiger partial charge in [-0.1, -0.05) is 6.08 Å². The largest absolute Gasteiger partial charge is 0.397 e. The van der Waals surface area contributed by atoms with Crippen LogP contribution in [0.5, 0.6) is 0 Å². The fraction of sp³-hybridized carbons (Fsp3) is 0.273. The van der Waals surface area contributed by atoms with Crippen LogP contribution in [-0.2, 0) is 0 Å². The van der Waals surface area contributed by atoms with E-state index in [1.165, 1.54) is 11.1 Å². The van der Waals surface area contributed by atoms with Gasteiger partial charge in [-0.15, -0.1) is 6.58 Å². The highest BCUT2D eigenvalue weighted by molar-refractivity contribution is 5.68. The number of nitrogens with two attached hydrogens (primary N) is 1. The molecular formula is C11H16N2. The summed E-state index contributed by atoms with van der Waals surface area (Å²) in [5.41, 5.74) is 10.1. The number of rotatable bonds is 3. The number of nitrogen functional groups attached to an aromatic ring is 1. The molecular weight excluding hydrogens is 160 g/mol. The third-order valence-corrected chi connectivity index (χ3v) is 2.10. The minimum absolute atomic E-state index is 0.743. The van der Waals surface area contributed by atoms with Crippen molar-refractivity contribution in [2.24, 2.45) is 0 Å². The predicted octanol–water partition coefficient (Wildman–Crippen LogP) is 2.48. The second kappa shape index (κ2) is 3.99. The average Bonchev–Trinajstić information content (AvgIpc) is 2.09. The van der Waals surface area contributed by atoms with Crippen molar-refractivity contribution in [3.63, 3.8) is 0 Å². The number of hydrogen-bond donors (Lipinski definition) is 2. The van der Waals surface area contributed by atoms with Crippen molar-refractivity contribution in [2.75, 3.05) is 17.6 Å². The fourth-order valence-electron chi connectivity index (χ4n) is 1.17. The quantitative estimate of drug-likeness (QED) is 0.548. The summed E-state index contributed by atoms with van der Waals surface area (Å²) in [5, 5.41) is 3.19. The zero-order chi connectivity index (χ0) is 9.84. The van der Waals surface area contributed by atoms with Crippen LogP contribution in [0, 0.1) is 13.8 Å². The Morgan fingerprint density at radius 3 is 2.62 bits per heavy atom. The first kappa shape index (κ1) is 9.65. The molecule has 0 saturated carbocycles. The van der Waals surface area contributed by atoms with Crippen LogP contribution < -0.4 is 11.1 Å². The van der Waals surface area contributed by atoms with Gasteiger partial charge in [0.25, 0.3) is 0 Å². The highest BCUT2D eigenvalue weighted by Gasteiger charge is 2.00. The van der Waals surface area contributed by atoms with E-state index in [-0.39, 0.29) is 0 Å². The Balaban J connectivity index is 2.94. The van der Waals surface area contributed by atoms with Crippen molar-refractivity contribution in [3.8, 4) is 0 Å². The number of benzene rings is 1. The molecule has 0 saturated heterocycles. The summed E-state index contributed by atoms with van der Waals surface area (Å²) in [5.74, 6) is 0. The molecule has 0 aliphatic rings. The number of aryl methyl sites for hydroxylation is 2. The highest BCUT2D eigenvalue weighted by Crippen LogP contribution is 2.22. The first-order chi connectivity index (χ1) is 6.15. The number of anilines is 2. The van der Waals surface area contributed by atoms with E-state index in [4.69, 9.17) is 5.73 Å². The summed E-state index contributed by atoms with van der Waals surface area (Å²) in [6.45, 7) is 8.52. The highest BCUT2D eigenvalue weighted by atomic mass is 14.9. The molecule has 0 spiro atoms. The van der Waals surface area contributed by atoms with Crippen molar-refractivity contribution in [1.82, 2.24) is 0 Å². The lowest BCUT2D eigenvalue weighted by Crippen LogP contribution is -2.02. The minimum atomic E-state index is 0.743. The first-order valence-corrected chi connectivity index (χ1v) is 4.36. The van der Waals surface area contributed by atoms with Crippen LogP contribution in [0.25, 0.3) is 0 Å². The molecule has 0 aromatic heterocycles. The van der Waals surface area contributed by atoms with Gasteiger partial charge in [-0.25, -0.2) is 0 Å². The van der Waals surface area contributed by atoms with Crippen molar-refractivity contribution < 1.29 is 0 Å². The minimum Gasteiger partial charge on any atom is -0.397 e. The molecule has 0 aliphatic carbocycles. The van der Waals surface area contributed by atoms with Crippen LogP contribution in [0.2, 0.25) is 0 Å². The first-order valence-electron chi connectivity index (χ1n) is 4.36. The van der Waals surface area contributed by atoms with Gasteiger partial charge in [0.2, 0.25) is 0 Å². The zero-order valence-corrected chi connectivity index (χ0v) is 8.22. The fourth-order valence-corrected chi connectivity index (χ4v) is 1.17. The summed E-state index contributed by atoms with van der Waals surface area (Å²) < 4.78 is 0. The molecule has 0 atom stereocenters. The molecule has 2 heteroatoms. The third kappa shape index (κ3) is 2.25. The molecule has 1 rings (SSSR count). The van der Waals surface area contributed by atoms with Crippen LogP contribution in [0.1, 0.15) is 11.1 Å². The summed E-state index contributed by atoms with van der Waals surface area (Å²) in [6, 6.07) is 4.05. The summed E-state index contributed by atoms with van der Waals surface area (Å²) in [4.78, 5) is 0. The molecule has 0 amide bonds. The molecule has 0 fully saturated rings. The second-order valence-electron chi connectivity index (χ2n) is 3.19. The summed E-state index contributed by atoms with van der Waals surface area (Å²) in [6.07, 6.45) is 1.81. The van der Waals surface area contributed by atoms with Gasteiger partial charge in [0.15, 0.2) is 0 Å². The molecule has 70 valence electrons. The van der Waals surface area contributed by atoms with E-state index in [1.54, 1.807) is 0 Å². The van der Waals surface area contributed by atoms with Gasteiger partial charge < -0.3 is 11.1 Å². The maximum absolute atomic E-state index is 5.83. The van der Waals surface area contributed by atoms with Crippen LogP contribution in [0.3, 0.4) is 0 Å². The summed E-state index contributed by atoms with van der Waals surface area (Å²) in [7, 11) is 0. The Bertz CT molecular complexity index is 316. The van der Waals surface area contributed by atoms with Crippen molar-refractivity contribution in [3.05, 3.63) is 35.9 Å². The van der Waals surface area contributed by atoms with Crippen LogP contribution in [0.4, 0.5) is 11.4 Å². The van der Waals surface area contributed by atoms with Crippen LogP contribution in [-0.4, -0.2) is 6.54 Å². The van der Waals surface area contributed by atoms with Crippen molar-refractivity contribution in [1.29, 1.82) is 0 Å². The Hall–Kier alpha value is -1.44. The SMILES string of the molecule is C=CCNc1cc(C)c(C)cc1N. The lowest BCUT2D eigenvalue weighted by molar-refractivity contribution is 1.29. The van der Waals surface area contributed by atoms with Gasteiger partial charge in [-0.05, 0) is 37.1 Å². The lowest BCUT2D eigenvalue weighted by Gasteiger charge is -2.10. The standard InChI is InChI=1S/C11H16N2/c1-4-5-13-11-7-9(3)8(2)6-10(11)12/h4,6-7,13H,1,5,12H2,2-3H3. The van der Waals surface area contributed by atoms with E-state index >= 15 is 0 Å². The number of hydrogen-bond acceptors (Lipinski definition) is 2. The van der Waals surface area contributed by atoms with E-state index in [9.17, 15) is 0 Å². The molecule has 0 radical (unpaired) electrons. The van der Waals surface area contributed by atoms with E-state index in [0.29, 0.717) is 0 Å². The maximum Gasteiger partial charge on any atom is 0.0579 e. The van der Waals surface area contributed by atoms with E-state index in [0.717, 1.165) is 17.9 Å². The molecule has 0 aliphatic heterocycles. The van der Waals surface area contributed by atoms with E-state index in [1.807, 2.05) is 12.1 Å². The summed E-state index contributed by atoms with van der Waals surface area (Å²) >= 11 is 0. The van der Waals surface area contributed by atoms with Gasteiger partial charge in [-0.3, -0.25) is 0 Å². The normalized spacial score (nSPS) is 9.69. The number of nitrogens with one attached hydrogen (secondary N) is 1. The average molecular weight is 176 g/mol. The zero-order valence-electron chi connectivity index (χ0n) is 8.22. The molecule has 0 unspecified atom stereocenters. The van der Waals surface area contributed by atoms with Gasteiger partial charge in [0, 0.05) is 6.54 Å². The Labute approximate surface area is 79.5 Å². The molecule has 1 aromatic rings. The van der Waals surface area contributed by atoms with Crippen LogP contribution >= 0.6 is 0 Å². The van der Waals surface area contributed by atoms with Gasteiger partial charge in [-0.2, -0.15) is 0 Å². The Kier molecular flexibility index (Phi) is 2.96. The lowest BCUT2D eigenvalue weighted by atomic mass is 10.1. The van der Waals surface area contributed by atoms with Crippen molar-refractivity contribution >= 4 is 11.4 Å². The monoisotopic (exact) mass is 176 g/mol. The van der Waals surface area contributed by atoms with Gasteiger partial charge in [0.1, 0.15) is 0 Å². The Morgan fingerprint density at radius 1 is 1.38 bits per heavy atom. The van der Waals surface area contributed by atoms with Crippen LogP contribution in [0.15, 0.2) is 24.8 Å². The molecule has 0 heterocycles. The van der Waals surface area contributed by atoms with Crippen molar-refractivity contribution in [2.45, 2.75) is 13.8 Å². The topological polar surface area (TPSA) is 38.0 Å². The molecule has 3 N–H and O–H groups in total. The van der Waals surface area contributed by atoms with Gasteiger partial charge in [0.05, 0.1) is 11.4 Å². The molecule has 1 aromatic carbocycles. The molecule has 13 heavy (non-hydrogen) atoms. The Morgan fingerprint density at radius 2 is 2.00 bits per heavy atom. The third-order valence-electron chi connectivity index (χ3n) is 2.10. The smallest absolute Gasteiger partial charge is 0.0579 e. The molecule has 0 bridgehead atoms.